The fourth-order valence-electron chi connectivity index (χ4n) is 3.02. The van der Waals surface area contributed by atoms with E-state index in [1.54, 1.807) is 12.1 Å². The number of ether oxygens (including phenoxy) is 2. The lowest BCUT2D eigenvalue weighted by atomic mass is 10.2. The second-order valence-electron chi connectivity index (χ2n) is 6.58. The minimum absolute atomic E-state index is 0.0992. The van der Waals surface area contributed by atoms with Crippen LogP contribution < -0.4 is 14.8 Å². The Bertz CT molecular complexity index is 1110. The van der Waals surface area contributed by atoms with Gasteiger partial charge in [0.05, 0.1) is 28.2 Å². The van der Waals surface area contributed by atoms with Gasteiger partial charge in [0.25, 0.3) is 5.91 Å². The summed E-state index contributed by atoms with van der Waals surface area (Å²) in [5.74, 6) is -0.265. The highest BCUT2D eigenvalue weighted by molar-refractivity contribution is 6.34. The van der Waals surface area contributed by atoms with E-state index in [4.69, 9.17) is 21.1 Å². The largest absolute Gasteiger partial charge is 0.486 e. The molecular formula is C20H15ClF3N3O3. The molecule has 0 unspecified atom stereocenters. The molecule has 0 radical (unpaired) electrons. The average Bonchev–Trinajstić information content (AvgIpc) is 3.15. The zero-order chi connectivity index (χ0) is 21.5. The third kappa shape index (κ3) is 3.80. The highest BCUT2D eigenvalue weighted by Crippen LogP contribution is 2.39. The number of carbonyl (C=O) groups is 1. The Morgan fingerprint density at radius 2 is 1.77 bits per heavy atom. The Labute approximate surface area is 174 Å². The first-order valence-electron chi connectivity index (χ1n) is 8.87. The fourth-order valence-corrected chi connectivity index (χ4v) is 3.22. The van der Waals surface area contributed by atoms with E-state index in [1.165, 1.54) is 24.3 Å². The summed E-state index contributed by atoms with van der Waals surface area (Å²) in [6.07, 6.45) is -3.94. The van der Waals surface area contributed by atoms with Gasteiger partial charge in [0, 0.05) is 12.1 Å². The van der Waals surface area contributed by atoms with Gasteiger partial charge in [-0.1, -0.05) is 29.3 Å². The van der Waals surface area contributed by atoms with Crippen LogP contribution >= 0.6 is 11.6 Å². The van der Waals surface area contributed by atoms with E-state index in [2.05, 4.69) is 10.4 Å². The molecule has 0 saturated carbocycles. The van der Waals surface area contributed by atoms with Crippen molar-refractivity contribution in [2.24, 2.45) is 0 Å². The smallest absolute Gasteiger partial charge is 0.434 e. The SMILES string of the molecule is Cc1ccc(-n2ncc(C(=O)Nc3cc4c(cc3Cl)OCCO4)c2C(F)(F)F)cc1. The third-order valence-corrected chi connectivity index (χ3v) is 4.75. The molecule has 0 aliphatic carbocycles. The monoisotopic (exact) mass is 437 g/mol. The van der Waals surface area contributed by atoms with Crippen LogP contribution in [0.15, 0.2) is 42.6 Å². The number of carbonyl (C=O) groups excluding carboxylic acids is 1. The van der Waals surface area contributed by atoms with Gasteiger partial charge < -0.3 is 14.8 Å². The molecule has 6 nitrogen and oxygen atoms in total. The van der Waals surface area contributed by atoms with Crippen LogP contribution in [0, 0.1) is 6.92 Å². The summed E-state index contributed by atoms with van der Waals surface area (Å²) in [4.78, 5) is 12.7. The van der Waals surface area contributed by atoms with Crippen LogP contribution in [0.5, 0.6) is 11.5 Å². The number of benzene rings is 2. The van der Waals surface area contributed by atoms with Gasteiger partial charge in [-0.05, 0) is 19.1 Å². The maximum absolute atomic E-state index is 13.8. The zero-order valence-electron chi connectivity index (χ0n) is 15.6. The van der Waals surface area contributed by atoms with Gasteiger partial charge in [-0.2, -0.15) is 18.3 Å². The first-order chi connectivity index (χ1) is 14.2. The van der Waals surface area contributed by atoms with Gasteiger partial charge >= 0.3 is 6.18 Å². The number of hydrogen-bond donors (Lipinski definition) is 1. The van der Waals surface area contributed by atoms with Crippen LogP contribution in [-0.2, 0) is 6.18 Å². The van der Waals surface area contributed by atoms with Crippen LogP contribution in [0.2, 0.25) is 5.02 Å². The van der Waals surface area contributed by atoms with Crippen molar-refractivity contribution in [3.63, 3.8) is 0 Å². The molecule has 1 aliphatic rings. The van der Waals surface area contributed by atoms with Crippen molar-refractivity contribution in [1.82, 2.24) is 9.78 Å². The number of anilines is 1. The summed E-state index contributed by atoms with van der Waals surface area (Å²) in [7, 11) is 0. The number of amides is 1. The molecule has 0 fully saturated rings. The van der Waals surface area contributed by atoms with E-state index in [-0.39, 0.29) is 16.4 Å². The Morgan fingerprint density at radius 3 is 2.40 bits per heavy atom. The minimum atomic E-state index is -4.81. The van der Waals surface area contributed by atoms with Crippen molar-refractivity contribution in [1.29, 1.82) is 0 Å². The molecule has 1 N–H and O–H groups in total. The molecule has 0 atom stereocenters. The van der Waals surface area contributed by atoms with Gasteiger partial charge in [-0.3, -0.25) is 4.79 Å². The first kappa shape index (κ1) is 20.1. The van der Waals surface area contributed by atoms with Crippen LogP contribution in [0.3, 0.4) is 0 Å². The fraction of sp³-hybridized carbons (Fsp3) is 0.200. The maximum Gasteiger partial charge on any atom is 0.434 e. The number of halogens is 4. The van der Waals surface area contributed by atoms with E-state index in [1.807, 2.05) is 6.92 Å². The molecule has 4 rings (SSSR count). The van der Waals surface area contributed by atoms with Crippen LogP contribution in [0.25, 0.3) is 5.69 Å². The molecule has 3 aromatic rings. The standard InChI is InChI=1S/C20H15ClF3N3O3/c1-11-2-4-12(5-3-11)27-18(20(22,23)24)13(10-25-27)19(28)26-15-9-17-16(8-14(15)21)29-6-7-30-17/h2-5,8-10H,6-7H2,1H3,(H,26,28). The lowest BCUT2D eigenvalue weighted by Gasteiger charge is -2.20. The van der Waals surface area contributed by atoms with Gasteiger partial charge in [0.15, 0.2) is 17.2 Å². The lowest BCUT2D eigenvalue weighted by molar-refractivity contribution is -0.143. The molecule has 1 amide bonds. The highest BCUT2D eigenvalue weighted by Gasteiger charge is 2.40. The van der Waals surface area contributed by atoms with E-state index < -0.39 is 23.3 Å². The predicted molar refractivity (Wildman–Crippen MR) is 104 cm³/mol. The highest BCUT2D eigenvalue weighted by atomic mass is 35.5. The molecule has 0 bridgehead atoms. The van der Waals surface area contributed by atoms with Crippen molar-refractivity contribution in [3.05, 3.63) is 64.4 Å². The Morgan fingerprint density at radius 1 is 1.13 bits per heavy atom. The number of nitrogens with one attached hydrogen (secondary N) is 1. The molecule has 0 spiro atoms. The van der Waals surface area contributed by atoms with Gasteiger partial charge in [-0.15, -0.1) is 0 Å². The third-order valence-electron chi connectivity index (χ3n) is 4.44. The number of nitrogens with zero attached hydrogens (tertiary/aromatic N) is 2. The molecule has 2 heterocycles. The lowest BCUT2D eigenvalue weighted by Crippen LogP contribution is -2.21. The van der Waals surface area contributed by atoms with Crippen molar-refractivity contribution in [2.75, 3.05) is 18.5 Å². The summed E-state index contributed by atoms with van der Waals surface area (Å²) in [5.41, 5.74) is -0.649. The number of alkyl halides is 3. The number of rotatable bonds is 3. The Balaban J connectivity index is 1.70. The predicted octanol–water partition coefficient (Wildman–Crippen LogP) is 4.88. The van der Waals surface area contributed by atoms with E-state index in [0.29, 0.717) is 29.4 Å². The Kier molecular flexibility index (Phi) is 5.07. The van der Waals surface area contributed by atoms with Crippen LogP contribution in [-0.4, -0.2) is 28.9 Å². The van der Waals surface area contributed by atoms with Gasteiger partial charge in [0.2, 0.25) is 0 Å². The van der Waals surface area contributed by atoms with Crippen LogP contribution in [0.1, 0.15) is 21.6 Å². The number of aryl methyl sites for hydroxylation is 1. The Hall–Kier alpha value is -3.20. The van der Waals surface area contributed by atoms with Gasteiger partial charge in [0.1, 0.15) is 13.2 Å². The molecule has 1 aliphatic heterocycles. The molecule has 2 aromatic carbocycles. The molecule has 1 aromatic heterocycles. The van der Waals surface area contributed by atoms with Crippen LogP contribution in [0.4, 0.5) is 18.9 Å². The van der Waals surface area contributed by atoms with E-state index in [0.717, 1.165) is 11.8 Å². The first-order valence-corrected chi connectivity index (χ1v) is 9.24. The van der Waals surface area contributed by atoms with E-state index >= 15 is 0 Å². The topological polar surface area (TPSA) is 65.4 Å². The average molecular weight is 438 g/mol. The maximum atomic E-state index is 13.8. The molecule has 30 heavy (non-hydrogen) atoms. The molecule has 156 valence electrons. The van der Waals surface area contributed by atoms with Gasteiger partial charge in [-0.25, -0.2) is 4.68 Å². The number of hydrogen-bond acceptors (Lipinski definition) is 4. The summed E-state index contributed by atoms with van der Waals surface area (Å²) >= 11 is 6.15. The number of aromatic nitrogens is 2. The summed E-state index contributed by atoms with van der Waals surface area (Å²) in [6.45, 7) is 2.47. The second kappa shape index (κ2) is 7.56. The van der Waals surface area contributed by atoms with Crippen molar-refractivity contribution in [3.8, 4) is 17.2 Å². The summed E-state index contributed by atoms with van der Waals surface area (Å²) in [6, 6.07) is 9.16. The van der Waals surface area contributed by atoms with Crippen molar-refractivity contribution >= 4 is 23.2 Å². The zero-order valence-corrected chi connectivity index (χ0v) is 16.3. The van der Waals surface area contributed by atoms with E-state index in [9.17, 15) is 18.0 Å². The van der Waals surface area contributed by atoms with Crippen molar-refractivity contribution in [2.45, 2.75) is 13.1 Å². The summed E-state index contributed by atoms with van der Waals surface area (Å²) < 4.78 is 52.9. The molecule has 10 heteroatoms. The quantitative estimate of drug-likeness (QED) is 0.634. The summed E-state index contributed by atoms with van der Waals surface area (Å²) in [5, 5.41) is 6.30. The normalized spacial score (nSPS) is 13.2. The second-order valence-corrected chi connectivity index (χ2v) is 6.99. The molecule has 0 saturated heterocycles. The van der Waals surface area contributed by atoms with Crippen molar-refractivity contribution < 1.29 is 27.4 Å². The minimum Gasteiger partial charge on any atom is -0.486 e. The number of fused-ring (bicyclic) bond motifs is 1. The molecular weight excluding hydrogens is 423 g/mol.